The van der Waals surface area contributed by atoms with Crippen LogP contribution in [0.1, 0.15) is 36.3 Å². The minimum absolute atomic E-state index is 0.219. The number of carbonyl (C=O) groups is 2. The van der Waals surface area contributed by atoms with Crippen LogP contribution in [-0.2, 0) is 20.8 Å². The molecule has 0 saturated heterocycles. The molecule has 1 heterocycles. The summed E-state index contributed by atoms with van der Waals surface area (Å²) in [5, 5.41) is 2.15. The van der Waals surface area contributed by atoms with Crippen LogP contribution in [0.5, 0.6) is 0 Å². The van der Waals surface area contributed by atoms with E-state index in [1.807, 2.05) is 11.8 Å². The second-order valence-corrected chi connectivity index (χ2v) is 4.83. The molecule has 7 heteroatoms. The lowest BCUT2D eigenvalue weighted by Crippen LogP contribution is -2.30. The zero-order valence-electron chi connectivity index (χ0n) is 12.0. The first-order chi connectivity index (χ1) is 9.60. The van der Waals surface area contributed by atoms with Gasteiger partial charge in [-0.2, -0.15) is 0 Å². The van der Waals surface area contributed by atoms with E-state index in [0.717, 1.165) is 5.69 Å². The van der Waals surface area contributed by atoms with Gasteiger partial charge in [0.05, 0.1) is 25.5 Å². The number of carbonyl (C=O) groups excluding carboxylic acids is 2. The van der Waals surface area contributed by atoms with E-state index in [1.54, 1.807) is 19.2 Å². The van der Waals surface area contributed by atoms with E-state index in [-0.39, 0.29) is 12.5 Å². The standard InChI is InChI=1S/C13H20N2O4S/c1-4-15(8-11(16)18-5-2)7-10-9-20-12(14-10)13(17)19-6-3/h9H,4-8H2,1-3H3. The van der Waals surface area contributed by atoms with Crippen molar-refractivity contribution in [2.24, 2.45) is 0 Å². The number of aromatic nitrogens is 1. The Balaban J connectivity index is 2.57. The number of hydrogen-bond donors (Lipinski definition) is 0. The Bertz CT molecular complexity index is 447. The summed E-state index contributed by atoms with van der Waals surface area (Å²) < 4.78 is 9.81. The van der Waals surface area contributed by atoms with Crippen LogP contribution in [0.25, 0.3) is 0 Å². The van der Waals surface area contributed by atoms with Gasteiger partial charge in [-0.1, -0.05) is 6.92 Å². The van der Waals surface area contributed by atoms with Crippen LogP contribution >= 0.6 is 11.3 Å². The molecular weight excluding hydrogens is 280 g/mol. The number of esters is 2. The summed E-state index contributed by atoms with van der Waals surface area (Å²) >= 11 is 1.25. The van der Waals surface area contributed by atoms with Crippen molar-refractivity contribution in [3.05, 3.63) is 16.1 Å². The second kappa shape index (κ2) is 8.65. The molecule has 1 aromatic heterocycles. The molecule has 0 amide bonds. The SMILES string of the molecule is CCOC(=O)CN(CC)Cc1csc(C(=O)OCC)n1. The highest BCUT2D eigenvalue weighted by molar-refractivity contribution is 7.11. The highest BCUT2D eigenvalue weighted by Crippen LogP contribution is 2.13. The Morgan fingerprint density at radius 2 is 1.95 bits per heavy atom. The van der Waals surface area contributed by atoms with E-state index in [4.69, 9.17) is 9.47 Å². The lowest BCUT2D eigenvalue weighted by Gasteiger charge is -2.17. The molecule has 0 aromatic carbocycles. The molecule has 1 rings (SSSR count). The highest BCUT2D eigenvalue weighted by Gasteiger charge is 2.15. The number of hydrogen-bond acceptors (Lipinski definition) is 7. The molecule has 0 aliphatic heterocycles. The molecule has 0 unspecified atom stereocenters. The molecule has 6 nitrogen and oxygen atoms in total. The van der Waals surface area contributed by atoms with Gasteiger partial charge in [-0.3, -0.25) is 9.69 Å². The van der Waals surface area contributed by atoms with Crippen LogP contribution in [-0.4, -0.2) is 48.1 Å². The number of nitrogens with zero attached hydrogens (tertiary/aromatic N) is 2. The maximum absolute atomic E-state index is 11.5. The quantitative estimate of drug-likeness (QED) is 0.681. The molecule has 112 valence electrons. The zero-order chi connectivity index (χ0) is 15.0. The molecule has 0 radical (unpaired) electrons. The average Bonchev–Trinajstić information content (AvgIpc) is 2.87. The Morgan fingerprint density at radius 1 is 1.25 bits per heavy atom. The Kier molecular flexibility index (Phi) is 7.17. The van der Waals surface area contributed by atoms with E-state index in [9.17, 15) is 9.59 Å². The van der Waals surface area contributed by atoms with Crippen molar-refractivity contribution < 1.29 is 19.1 Å². The number of thiazole rings is 1. The fraction of sp³-hybridized carbons (Fsp3) is 0.615. The molecule has 0 atom stereocenters. The van der Waals surface area contributed by atoms with Gasteiger partial charge in [0.25, 0.3) is 0 Å². The molecule has 1 aromatic rings. The molecule has 0 aliphatic rings. The summed E-state index contributed by atoms with van der Waals surface area (Å²) in [6, 6.07) is 0. The van der Waals surface area contributed by atoms with Gasteiger partial charge in [-0.25, -0.2) is 9.78 Å². The predicted molar refractivity (Wildman–Crippen MR) is 75.7 cm³/mol. The molecule has 0 aliphatic carbocycles. The van der Waals surface area contributed by atoms with E-state index in [0.29, 0.717) is 31.3 Å². The van der Waals surface area contributed by atoms with Gasteiger partial charge in [0, 0.05) is 11.9 Å². The summed E-state index contributed by atoms with van der Waals surface area (Å²) in [6.07, 6.45) is 0. The van der Waals surface area contributed by atoms with E-state index >= 15 is 0 Å². The van der Waals surface area contributed by atoms with Gasteiger partial charge in [-0.05, 0) is 20.4 Å². The van der Waals surface area contributed by atoms with Gasteiger partial charge in [0.2, 0.25) is 5.01 Å². The van der Waals surface area contributed by atoms with Gasteiger partial charge < -0.3 is 9.47 Å². The Labute approximate surface area is 122 Å². The van der Waals surface area contributed by atoms with Gasteiger partial charge in [0.1, 0.15) is 0 Å². The Hall–Kier alpha value is -1.47. The lowest BCUT2D eigenvalue weighted by atomic mass is 10.4. The van der Waals surface area contributed by atoms with E-state index in [1.165, 1.54) is 11.3 Å². The average molecular weight is 300 g/mol. The number of likely N-dealkylation sites (N-methyl/N-ethyl adjacent to an activating group) is 1. The summed E-state index contributed by atoms with van der Waals surface area (Å²) in [5.41, 5.74) is 0.754. The minimum Gasteiger partial charge on any atom is -0.465 e. The first-order valence-corrected chi connectivity index (χ1v) is 7.48. The largest absolute Gasteiger partial charge is 0.465 e. The lowest BCUT2D eigenvalue weighted by molar-refractivity contribution is -0.144. The van der Waals surface area contributed by atoms with Crippen molar-refractivity contribution in [1.82, 2.24) is 9.88 Å². The molecule has 0 fully saturated rings. The fourth-order valence-electron chi connectivity index (χ4n) is 1.56. The topological polar surface area (TPSA) is 68.7 Å². The van der Waals surface area contributed by atoms with Crippen molar-refractivity contribution in [2.75, 3.05) is 26.3 Å². The highest BCUT2D eigenvalue weighted by atomic mass is 32.1. The third kappa shape index (κ3) is 5.26. The van der Waals surface area contributed by atoms with Crippen LogP contribution in [0.2, 0.25) is 0 Å². The van der Waals surface area contributed by atoms with Crippen LogP contribution < -0.4 is 0 Å². The molecule has 0 spiro atoms. The van der Waals surface area contributed by atoms with Gasteiger partial charge in [0.15, 0.2) is 0 Å². The Morgan fingerprint density at radius 3 is 2.55 bits per heavy atom. The zero-order valence-corrected chi connectivity index (χ0v) is 12.9. The smallest absolute Gasteiger partial charge is 0.367 e. The molecular formula is C13H20N2O4S. The molecule has 0 N–H and O–H groups in total. The first kappa shape index (κ1) is 16.6. The van der Waals surface area contributed by atoms with Crippen molar-refractivity contribution in [2.45, 2.75) is 27.3 Å². The van der Waals surface area contributed by atoms with Crippen LogP contribution in [0.15, 0.2) is 5.38 Å². The van der Waals surface area contributed by atoms with Crippen molar-refractivity contribution in [3.8, 4) is 0 Å². The first-order valence-electron chi connectivity index (χ1n) is 6.60. The summed E-state index contributed by atoms with van der Waals surface area (Å²) in [4.78, 5) is 29.1. The summed E-state index contributed by atoms with van der Waals surface area (Å²) in [7, 11) is 0. The van der Waals surface area contributed by atoms with E-state index in [2.05, 4.69) is 4.98 Å². The van der Waals surface area contributed by atoms with Gasteiger partial charge >= 0.3 is 11.9 Å². The third-order valence-electron chi connectivity index (χ3n) is 2.49. The second-order valence-electron chi connectivity index (χ2n) is 3.97. The maximum Gasteiger partial charge on any atom is 0.367 e. The third-order valence-corrected chi connectivity index (χ3v) is 3.36. The predicted octanol–water partition coefficient (Wildman–Crippen LogP) is 1.70. The molecule has 20 heavy (non-hydrogen) atoms. The molecule has 0 bridgehead atoms. The normalized spacial score (nSPS) is 10.6. The minimum atomic E-state index is -0.405. The van der Waals surface area contributed by atoms with Crippen molar-refractivity contribution in [1.29, 1.82) is 0 Å². The van der Waals surface area contributed by atoms with Crippen LogP contribution in [0.4, 0.5) is 0 Å². The monoisotopic (exact) mass is 300 g/mol. The number of ether oxygens (including phenoxy) is 2. The van der Waals surface area contributed by atoms with E-state index < -0.39 is 5.97 Å². The summed E-state index contributed by atoms with van der Waals surface area (Å²) in [6.45, 7) is 7.62. The van der Waals surface area contributed by atoms with Crippen LogP contribution in [0.3, 0.4) is 0 Å². The maximum atomic E-state index is 11.5. The van der Waals surface area contributed by atoms with Crippen molar-refractivity contribution in [3.63, 3.8) is 0 Å². The van der Waals surface area contributed by atoms with Gasteiger partial charge in [-0.15, -0.1) is 11.3 Å². The summed E-state index contributed by atoms with van der Waals surface area (Å²) in [5.74, 6) is -0.660. The number of rotatable bonds is 8. The van der Waals surface area contributed by atoms with Crippen LogP contribution in [0, 0.1) is 0 Å². The van der Waals surface area contributed by atoms with Crippen molar-refractivity contribution >= 4 is 23.3 Å². The molecule has 0 saturated carbocycles. The fourth-order valence-corrected chi connectivity index (χ4v) is 2.26.